The average Bonchev–Trinajstić information content (AvgIpc) is 2.25. The zero-order valence-corrected chi connectivity index (χ0v) is 10.3. The van der Waals surface area contributed by atoms with Gasteiger partial charge in [-0.3, -0.25) is 4.79 Å². The molecule has 0 spiro atoms. The van der Waals surface area contributed by atoms with Crippen molar-refractivity contribution in [3.05, 3.63) is 23.8 Å². The fraction of sp³-hybridized carbons (Fsp3) is 0.462. The molecule has 1 heterocycles. The average molecular weight is 251 g/mol. The summed E-state index contributed by atoms with van der Waals surface area (Å²) in [5.41, 5.74) is -0.641. The first kappa shape index (κ1) is 12.7. The molecule has 0 saturated carbocycles. The molecule has 1 aliphatic heterocycles. The molecule has 0 bridgehead atoms. The van der Waals surface area contributed by atoms with Crippen LogP contribution in [0.3, 0.4) is 0 Å². The van der Waals surface area contributed by atoms with Gasteiger partial charge >= 0.3 is 0 Å². The Kier molecular flexibility index (Phi) is 3.17. The molecule has 1 aliphatic rings. The van der Waals surface area contributed by atoms with Crippen molar-refractivity contribution in [1.29, 1.82) is 0 Å². The van der Waals surface area contributed by atoms with Crippen LogP contribution in [0.25, 0.3) is 0 Å². The van der Waals surface area contributed by atoms with Gasteiger partial charge in [-0.1, -0.05) is 0 Å². The molecule has 1 fully saturated rings. The first-order chi connectivity index (χ1) is 8.37. The van der Waals surface area contributed by atoms with Crippen LogP contribution in [0.5, 0.6) is 11.5 Å². The van der Waals surface area contributed by atoms with E-state index in [9.17, 15) is 20.1 Å². The number of phenolic OH excluding ortho intramolecular Hbond substituents is 2. The van der Waals surface area contributed by atoms with Gasteiger partial charge in [-0.05, 0) is 31.9 Å². The van der Waals surface area contributed by atoms with Crippen LogP contribution in [-0.2, 0) is 0 Å². The molecule has 3 N–H and O–H groups in total. The van der Waals surface area contributed by atoms with Crippen molar-refractivity contribution in [2.24, 2.45) is 0 Å². The number of phenols is 2. The second-order valence-electron chi connectivity index (χ2n) is 5.07. The predicted octanol–water partition coefficient (Wildman–Crippen LogP) is 1.08. The molecular weight excluding hydrogens is 234 g/mol. The number of aromatic hydroxyl groups is 2. The topological polar surface area (TPSA) is 81.0 Å². The standard InChI is InChI=1S/C13H17NO4/c1-13(18)3-2-4-14(8-13)12(17)9-5-10(15)7-11(16)6-9/h5-7,15-16,18H,2-4,8H2,1H3. The number of carbonyl (C=O) groups excluding carboxylic acids is 1. The number of piperidine rings is 1. The van der Waals surface area contributed by atoms with Crippen LogP contribution >= 0.6 is 0 Å². The number of nitrogens with zero attached hydrogens (tertiary/aromatic N) is 1. The molecular formula is C13H17NO4. The van der Waals surface area contributed by atoms with E-state index in [0.29, 0.717) is 13.0 Å². The van der Waals surface area contributed by atoms with Crippen LogP contribution in [0.2, 0.25) is 0 Å². The summed E-state index contributed by atoms with van der Waals surface area (Å²) in [6, 6.07) is 3.79. The summed E-state index contributed by atoms with van der Waals surface area (Å²) >= 11 is 0. The van der Waals surface area contributed by atoms with Gasteiger partial charge in [-0.25, -0.2) is 0 Å². The minimum Gasteiger partial charge on any atom is -0.508 e. The highest BCUT2D eigenvalue weighted by Crippen LogP contribution is 2.25. The second-order valence-corrected chi connectivity index (χ2v) is 5.07. The van der Waals surface area contributed by atoms with Gasteiger partial charge in [0.05, 0.1) is 5.60 Å². The lowest BCUT2D eigenvalue weighted by molar-refractivity contribution is -0.0107. The molecule has 0 aromatic heterocycles. The lowest BCUT2D eigenvalue weighted by Crippen LogP contribution is -2.48. The van der Waals surface area contributed by atoms with Crippen LogP contribution in [0, 0.1) is 0 Å². The van der Waals surface area contributed by atoms with Crippen LogP contribution < -0.4 is 0 Å². The molecule has 5 heteroatoms. The number of β-amino-alcohol motifs (C(OH)–C–C–N with tert-alkyl or cyclic N) is 1. The molecule has 1 saturated heterocycles. The highest BCUT2D eigenvalue weighted by Gasteiger charge is 2.31. The number of benzene rings is 1. The van der Waals surface area contributed by atoms with E-state index in [1.165, 1.54) is 23.1 Å². The van der Waals surface area contributed by atoms with E-state index >= 15 is 0 Å². The first-order valence-corrected chi connectivity index (χ1v) is 5.92. The first-order valence-electron chi connectivity index (χ1n) is 5.92. The van der Waals surface area contributed by atoms with Gasteiger partial charge in [0, 0.05) is 24.7 Å². The van der Waals surface area contributed by atoms with E-state index in [1.807, 2.05) is 0 Å². The third-order valence-electron chi connectivity index (χ3n) is 3.11. The Morgan fingerprint density at radius 2 is 1.89 bits per heavy atom. The van der Waals surface area contributed by atoms with Crippen molar-refractivity contribution in [3.63, 3.8) is 0 Å². The highest BCUT2D eigenvalue weighted by atomic mass is 16.3. The van der Waals surface area contributed by atoms with Crippen molar-refractivity contribution < 1.29 is 20.1 Å². The van der Waals surface area contributed by atoms with E-state index in [0.717, 1.165) is 6.42 Å². The maximum absolute atomic E-state index is 12.2. The zero-order valence-electron chi connectivity index (χ0n) is 10.3. The Morgan fingerprint density at radius 1 is 1.28 bits per heavy atom. The molecule has 1 amide bonds. The number of likely N-dealkylation sites (tertiary alicyclic amines) is 1. The van der Waals surface area contributed by atoms with Gasteiger partial charge in [0.2, 0.25) is 0 Å². The minimum absolute atomic E-state index is 0.151. The third-order valence-corrected chi connectivity index (χ3v) is 3.11. The van der Waals surface area contributed by atoms with Crippen molar-refractivity contribution in [2.45, 2.75) is 25.4 Å². The molecule has 1 unspecified atom stereocenters. The number of hydrogen-bond donors (Lipinski definition) is 3. The normalized spacial score (nSPS) is 24.0. The molecule has 1 atom stereocenters. The largest absolute Gasteiger partial charge is 0.508 e. The Balaban J connectivity index is 2.20. The van der Waals surface area contributed by atoms with Gasteiger partial charge in [0.25, 0.3) is 5.91 Å². The van der Waals surface area contributed by atoms with Crippen molar-refractivity contribution in [2.75, 3.05) is 13.1 Å². The van der Waals surface area contributed by atoms with Crippen molar-refractivity contribution in [3.8, 4) is 11.5 Å². The van der Waals surface area contributed by atoms with Gasteiger partial charge in [0.15, 0.2) is 0 Å². The lowest BCUT2D eigenvalue weighted by Gasteiger charge is -2.36. The van der Waals surface area contributed by atoms with Gasteiger partial charge < -0.3 is 20.2 Å². The molecule has 2 rings (SSSR count). The highest BCUT2D eigenvalue weighted by molar-refractivity contribution is 5.95. The monoisotopic (exact) mass is 251 g/mol. The Bertz CT molecular complexity index is 450. The van der Waals surface area contributed by atoms with E-state index in [1.54, 1.807) is 6.92 Å². The maximum Gasteiger partial charge on any atom is 0.254 e. The molecule has 1 aromatic rings. The SMILES string of the molecule is CC1(O)CCCN(C(=O)c2cc(O)cc(O)c2)C1. The fourth-order valence-electron chi connectivity index (χ4n) is 2.29. The molecule has 98 valence electrons. The molecule has 0 aliphatic carbocycles. The summed E-state index contributed by atoms with van der Waals surface area (Å²) < 4.78 is 0. The third kappa shape index (κ3) is 2.73. The maximum atomic E-state index is 12.2. The molecule has 1 aromatic carbocycles. The number of aliphatic hydroxyl groups is 1. The van der Waals surface area contributed by atoms with E-state index in [-0.39, 0.29) is 29.5 Å². The summed E-state index contributed by atoms with van der Waals surface area (Å²) in [6.07, 6.45) is 1.41. The van der Waals surface area contributed by atoms with Gasteiger partial charge in [-0.2, -0.15) is 0 Å². The van der Waals surface area contributed by atoms with Crippen molar-refractivity contribution >= 4 is 5.91 Å². The van der Waals surface area contributed by atoms with E-state index in [2.05, 4.69) is 0 Å². The van der Waals surface area contributed by atoms with E-state index < -0.39 is 5.60 Å². The Morgan fingerprint density at radius 3 is 2.44 bits per heavy atom. The summed E-state index contributed by atoms with van der Waals surface area (Å²) in [7, 11) is 0. The van der Waals surface area contributed by atoms with Crippen LogP contribution in [0.4, 0.5) is 0 Å². The van der Waals surface area contributed by atoms with Gasteiger partial charge in [-0.15, -0.1) is 0 Å². The number of amides is 1. The number of rotatable bonds is 1. The molecule has 5 nitrogen and oxygen atoms in total. The van der Waals surface area contributed by atoms with E-state index in [4.69, 9.17) is 0 Å². The fourth-order valence-corrected chi connectivity index (χ4v) is 2.29. The van der Waals surface area contributed by atoms with Crippen molar-refractivity contribution in [1.82, 2.24) is 4.90 Å². The summed E-state index contributed by atoms with van der Waals surface area (Å²) in [4.78, 5) is 13.7. The summed E-state index contributed by atoms with van der Waals surface area (Å²) in [5.74, 6) is -0.592. The van der Waals surface area contributed by atoms with Gasteiger partial charge in [0.1, 0.15) is 11.5 Å². The zero-order chi connectivity index (χ0) is 13.3. The smallest absolute Gasteiger partial charge is 0.254 e. The predicted molar refractivity (Wildman–Crippen MR) is 65.5 cm³/mol. The van der Waals surface area contributed by atoms with Crippen LogP contribution in [0.1, 0.15) is 30.1 Å². The molecule has 0 radical (unpaired) electrons. The van der Waals surface area contributed by atoms with Crippen LogP contribution in [-0.4, -0.2) is 44.8 Å². The number of carbonyl (C=O) groups is 1. The quantitative estimate of drug-likeness (QED) is 0.697. The Labute approximate surface area is 105 Å². The molecule has 18 heavy (non-hydrogen) atoms. The Hall–Kier alpha value is -1.75. The summed E-state index contributed by atoms with van der Waals surface area (Å²) in [5, 5.41) is 28.7. The lowest BCUT2D eigenvalue weighted by atomic mass is 9.94. The second kappa shape index (κ2) is 4.49. The number of hydrogen-bond acceptors (Lipinski definition) is 4. The summed E-state index contributed by atoms with van der Waals surface area (Å²) in [6.45, 7) is 2.54. The minimum atomic E-state index is -0.868. The van der Waals surface area contributed by atoms with Crippen LogP contribution in [0.15, 0.2) is 18.2 Å².